The lowest BCUT2D eigenvalue weighted by Crippen LogP contribution is -2.25. The second-order valence-corrected chi connectivity index (χ2v) is 7.49. The van der Waals surface area contributed by atoms with E-state index in [2.05, 4.69) is 9.72 Å². The zero-order chi connectivity index (χ0) is 21.4. The number of hydrogen-bond donors (Lipinski definition) is 0. The molecule has 0 aliphatic heterocycles. The highest BCUT2D eigenvalue weighted by Crippen LogP contribution is 2.38. The molecule has 1 aliphatic rings. The molecule has 4 rings (SSSR count). The van der Waals surface area contributed by atoms with Crippen LogP contribution in [0.1, 0.15) is 24.1 Å². The van der Waals surface area contributed by atoms with Crippen molar-refractivity contribution < 1.29 is 13.5 Å². The van der Waals surface area contributed by atoms with E-state index in [-0.39, 0.29) is 17.0 Å². The molecular formula is C22H20F2N4O2. The van der Waals surface area contributed by atoms with Gasteiger partial charge >= 0.3 is 6.61 Å². The van der Waals surface area contributed by atoms with Crippen LogP contribution in [0.15, 0.2) is 41.2 Å². The highest BCUT2D eigenvalue weighted by Gasteiger charge is 2.27. The van der Waals surface area contributed by atoms with Crippen molar-refractivity contribution in [1.82, 2.24) is 9.55 Å². The second-order valence-electron chi connectivity index (χ2n) is 7.49. The molecule has 1 aromatic carbocycles. The van der Waals surface area contributed by atoms with Crippen LogP contribution in [0, 0.1) is 24.2 Å². The summed E-state index contributed by atoms with van der Waals surface area (Å²) in [7, 11) is 1.66. The fourth-order valence-corrected chi connectivity index (χ4v) is 3.51. The van der Waals surface area contributed by atoms with E-state index in [4.69, 9.17) is 0 Å². The number of benzene rings is 1. The molecule has 0 N–H and O–H groups in total. The minimum absolute atomic E-state index is 0.110. The molecule has 1 saturated carbocycles. The van der Waals surface area contributed by atoms with Gasteiger partial charge in [0.1, 0.15) is 23.0 Å². The summed E-state index contributed by atoms with van der Waals surface area (Å²) < 4.78 is 31.3. The summed E-state index contributed by atoms with van der Waals surface area (Å²) in [6.45, 7) is -0.535. The Hall–Kier alpha value is -3.47. The molecule has 154 valence electrons. The molecule has 0 bridgehead atoms. The number of ether oxygens (including phenoxy) is 1. The van der Waals surface area contributed by atoms with Gasteiger partial charge in [0.2, 0.25) is 0 Å². The molecular weight excluding hydrogens is 390 g/mol. The van der Waals surface area contributed by atoms with Crippen LogP contribution in [0.3, 0.4) is 0 Å². The zero-order valence-corrected chi connectivity index (χ0v) is 16.6. The minimum atomic E-state index is -2.90. The van der Waals surface area contributed by atoms with Crippen LogP contribution in [0.4, 0.5) is 20.2 Å². The smallest absolute Gasteiger partial charge is 0.387 e. The summed E-state index contributed by atoms with van der Waals surface area (Å²) in [5.74, 6) is 0.583. The Morgan fingerprint density at radius 2 is 2.07 bits per heavy atom. The van der Waals surface area contributed by atoms with Gasteiger partial charge in [0.05, 0.1) is 11.2 Å². The van der Waals surface area contributed by atoms with Crippen molar-refractivity contribution in [2.75, 3.05) is 11.4 Å². The molecule has 6 nitrogen and oxygen atoms in total. The lowest BCUT2D eigenvalue weighted by atomic mass is 10.1. The van der Waals surface area contributed by atoms with E-state index in [0.717, 1.165) is 18.5 Å². The number of alkyl halides is 2. The van der Waals surface area contributed by atoms with Crippen LogP contribution in [0.2, 0.25) is 0 Å². The molecule has 2 aromatic heterocycles. The van der Waals surface area contributed by atoms with Crippen molar-refractivity contribution in [3.8, 4) is 11.8 Å². The quantitative estimate of drug-likeness (QED) is 0.607. The van der Waals surface area contributed by atoms with Crippen LogP contribution in [0.25, 0.3) is 11.0 Å². The second kappa shape index (κ2) is 7.75. The Kier molecular flexibility index (Phi) is 5.12. The Bertz CT molecular complexity index is 1210. The summed E-state index contributed by atoms with van der Waals surface area (Å²) in [6, 6.07) is 11.8. The maximum atomic E-state index is 12.6. The van der Waals surface area contributed by atoms with Gasteiger partial charge in [-0.15, -0.1) is 0 Å². The number of nitriles is 1. The zero-order valence-electron chi connectivity index (χ0n) is 16.6. The van der Waals surface area contributed by atoms with Gasteiger partial charge in [-0.05, 0) is 61.6 Å². The van der Waals surface area contributed by atoms with Crippen molar-refractivity contribution in [2.45, 2.75) is 26.4 Å². The van der Waals surface area contributed by atoms with Crippen molar-refractivity contribution in [1.29, 1.82) is 5.26 Å². The Morgan fingerprint density at radius 1 is 1.30 bits per heavy atom. The maximum absolute atomic E-state index is 12.6. The van der Waals surface area contributed by atoms with Crippen LogP contribution in [-0.4, -0.2) is 22.7 Å². The number of halogens is 2. The molecule has 8 heteroatoms. The first-order chi connectivity index (χ1) is 14.4. The molecule has 0 saturated heterocycles. The molecule has 1 fully saturated rings. The summed E-state index contributed by atoms with van der Waals surface area (Å²) in [4.78, 5) is 19.1. The van der Waals surface area contributed by atoms with E-state index in [0.29, 0.717) is 34.7 Å². The topological polar surface area (TPSA) is 71.2 Å². The monoisotopic (exact) mass is 410 g/mol. The summed E-state index contributed by atoms with van der Waals surface area (Å²) in [5.41, 5.74) is 3.13. The Morgan fingerprint density at radius 3 is 2.70 bits per heavy atom. The lowest BCUT2D eigenvalue weighted by Gasteiger charge is -2.27. The predicted octanol–water partition coefficient (Wildman–Crippen LogP) is 4.26. The fourth-order valence-electron chi connectivity index (χ4n) is 3.51. The van der Waals surface area contributed by atoms with Gasteiger partial charge < -0.3 is 14.2 Å². The number of hydrogen-bond acceptors (Lipinski definition) is 5. The fraction of sp³-hybridized carbons (Fsp3) is 0.318. The number of rotatable bonds is 6. The standard InChI is InChI=1S/C22H20F2N4O2/c1-13-9-16(6-8-19(13)30-22(23)24)28(12-14-3-4-14)18-10-20(29)27(2)17-7-5-15(11-25)26-21(17)18/h5-10,14,22H,3-4,12H2,1-2H3. The number of anilines is 2. The first-order valence-electron chi connectivity index (χ1n) is 9.61. The molecule has 30 heavy (non-hydrogen) atoms. The normalized spacial score (nSPS) is 13.5. The van der Waals surface area contributed by atoms with Gasteiger partial charge in [-0.25, -0.2) is 4.98 Å². The van der Waals surface area contributed by atoms with Crippen molar-refractivity contribution >= 4 is 22.4 Å². The number of aromatic nitrogens is 2. The van der Waals surface area contributed by atoms with E-state index in [1.165, 1.54) is 16.7 Å². The average molecular weight is 410 g/mol. The first-order valence-corrected chi connectivity index (χ1v) is 9.61. The molecule has 0 radical (unpaired) electrons. The molecule has 0 spiro atoms. The highest BCUT2D eigenvalue weighted by molar-refractivity contribution is 5.91. The Balaban J connectivity index is 1.89. The summed E-state index contributed by atoms with van der Waals surface area (Å²) >= 11 is 0. The molecule has 0 unspecified atom stereocenters. The molecule has 0 atom stereocenters. The number of fused-ring (bicyclic) bond motifs is 1. The molecule has 3 aromatic rings. The minimum Gasteiger partial charge on any atom is -0.435 e. The molecule has 1 aliphatic carbocycles. The van der Waals surface area contributed by atoms with Crippen molar-refractivity contribution in [3.05, 3.63) is 58.0 Å². The number of nitrogens with zero attached hydrogens (tertiary/aromatic N) is 4. The SMILES string of the molecule is Cc1cc(N(CC2CC2)c2cc(=O)n(C)c3ccc(C#N)nc23)ccc1OC(F)F. The summed E-state index contributed by atoms with van der Waals surface area (Å²) in [5, 5.41) is 9.29. The lowest BCUT2D eigenvalue weighted by molar-refractivity contribution is -0.0502. The van der Waals surface area contributed by atoms with Gasteiger partial charge in [0, 0.05) is 25.3 Å². The third-order valence-electron chi connectivity index (χ3n) is 5.30. The summed E-state index contributed by atoms with van der Waals surface area (Å²) in [6.07, 6.45) is 2.17. The van der Waals surface area contributed by atoms with Gasteiger partial charge in [0.25, 0.3) is 5.56 Å². The van der Waals surface area contributed by atoms with Crippen LogP contribution < -0.4 is 15.2 Å². The maximum Gasteiger partial charge on any atom is 0.387 e. The third-order valence-corrected chi connectivity index (χ3v) is 5.30. The van der Waals surface area contributed by atoms with Gasteiger partial charge in [-0.3, -0.25) is 4.79 Å². The van der Waals surface area contributed by atoms with Crippen LogP contribution in [-0.2, 0) is 7.05 Å². The van der Waals surface area contributed by atoms with Gasteiger partial charge in [-0.1, -0.05) is 0 Å². The van der Waals surface area contributed by atoms with Gasteiger partial charge in [-0.2, -0.15) is 14.0 Å². The highest BCUT2D eigenvalue weighted by atomic mass is 19.3. The van der Waals surface area contributed by atoms with Crippen molar-refractivity contribution in [3.63, 3.8) is 0 Å². The van der Waals surface area contributed by atoms with E-state index in [1.54, 1.807) is 38.2 Å². The van der Waals surface area contributed by atoms with Crippen LogP contribution >= 0.6 is 0 Å². The molecule has 0 amide bonds. The predicted molar refractivity (Wildman–Crippen MR) is 109 cm³/mol. The number of aryl methyl sites for hydroxylation is 2. The van der Waals surface area contributed by atoms with E-state index < -0.39 is 6.61 Å². The van der Waals surface area contributed by atoms with E-state index in [1.807, 2.05) is 11.0 Å². The van der Waals surface area contributed by atoms with Crippen molar-refractivity contribution in [2.24, 2.45) is 13.0 Å². The number of pyridine rings is 2. The largest absolute Gasteiger partial charge is 0.435 e. The molecule has 2 heterocycles. The van der Waals surface area contributed by atoms with E-state index >= 15 is 0 Å². The average Bonchev–Trinajstić information content (AvgIpc) is 3.54. The Labute approximate surface area is 171 Å². The van der Waals surface area contributed by atoms with E-state index in [9.17, 15) is 18.8 Å². The third kappa shape index (κ3) is 3.83. The first kappa shape index (κ1) is 19.8. The van der Waals surface area contributed by atoms with Gasteiger partial charge in [0.15, 0.2) is 0 Å². The van der Waals surface area contributed by atoms with Crippen LogP contribution in [0.5, 0.6) is 5.75 Å².